The molecule has 222 valence electrons. The molecule has 10 nitrogen and oxygen atoms in total. The highest BCUT2D eigenvalue weighted by Gasteiger charge is 2.51. The standard InChI is InChI=1S/C30H42O10/c1-19-25(40-30-28(34-3)27(33-2)24(32)22(15-31)38-30)23(18-36-16-20-11-7-5-8-12-20)39-29(35-4)26(19)37-17-21-13-9-6-10-14-21/h5-14,19,22-32H,15-18H2,1-4H3/t19?,22?,23-,24+,25-,26?,27+,28?,29-,30-/m0/s1. The van der Waals surface area contributed by atoms with Crippen molar-refractivity contribution in [3.63, 3.8) is 0 Å². The van der Waals surface area contributed by atoms with Gasteiger partial charge in [-0.3, -0.25) is 0 Å². The number of rotatable bonds is 13. The highest BCUT2D eigenvalue weighted by Crippen LogP contribution is 2.35. The highest BCUT2D eigenvalue weighted by molar-refractivity contribution is 5.14. The SMILES string of the molecule is COC1[C@H](O[C@H]2C(C)C(OCc3ccccc3)[C@@H](OC)O[C@H]2COCc2ccccc2)OC(CO)[C@@H](O)[C@H]1OC. The second-order valence-corrected chi connectivity index (χ2v) is 10.1. The van der Waals surface area contributed by atoms with Crippen LogP contribution in [0.4, 0.5) is 0 Å². The predicted molar refractivity (Wildman–Crippen MR) is 144 cm³/mol. The van der Waals surface area contributed by atoms with E-state index in [9.17, 15) is 10.2 Å². The van der Waals surface area contributed by atoms with Gasteiger partial charge in [0.15, 0.2) is 12.6 Å². The zero-order valence-electron chi connectivity index (χ0n) is 23.5. The average molecular weight is 563 g/mol. The first-order valence-electron chi connectivity index (χ1n) is 13.6. The molecule has 2 aromatic rings. The van der Waals surface area contributed by atoms with Crippen LogP contribution in [0.15, 0.2) is 60.7 Å². The van der Waals surface area contributed by atoms with Crippen molar-refractivity contribution < 1.29 is 48.1 Å². The Morgan fingerprint density at radius 1 is 0.700 bits per heavy atom. The number of hydrogen-bond donors (Lipinski definition) is 2. The van der Waals surface area contributed by atoms with Gasteiger partial charge in [0.05, 0.1) is 32.5 Å². The summed E-state index contributed by atoms with van der Waals surface area (Å²) in [6.45, 7) is 2.59. The van der Waals surface area contributed by atoms with Crippen molar-refractivity contribution in [2.45, 2.75) is 75.4 Å². The quantitative estimate of drug-likeness (QED) is 0.377. The molecular weight excluding hydrogens is 520 g/mol. The van der Waals surface area contributed by atoms with Crippen LogP contribution in [0.25, 0.3) is 0 Å². The first-order chi connectivity index (χ1) is 19.5. The molecule has 2 aliphatic rings. The summed E-state index contributed by atoms with van der Waals surface area (Å²) in [5.74, 6) is -0.228. The van der Waals surface area contributed by atoms with Crippen LogP contribution in [-0.2, 0) is 51.1 Å². The molecule has 4 rings (SSSR count). The van der Waals surface area contributed by atoms with E-state index in [1.807, 2.05) is 67.6 Å². The van der Waals surface area contributed by atoms with E-state index in [0.717, 1.165) is 11.1 Å². The van der Waals surface area contributed by atoms with Gasteiger partial charge >= 0.3 is 0 Å². The summed E-state index contributed by atoms with van der Waals surface area (Å²) in [6, 6.07) is 19.7. The number of aliphatic hydroxyl groups excluding tert-OH is 2. The van der Waals surface area contributed by atoms with Crippen LogP contribution in [0.5, 0.6) is 0 Å². The van der Waals surface area contributed by atoms with Crippen LogP contribution < -0.4 is 0 Å². The summed E-state index contributed by atoms with van der Waals surface area (Å²) >= 11 is 0. The van der Waals surface area contributed by atoms with E-state index in [1.54, 1.807) is 7.11 Å². The van der Waals surface area contributed by atoms with E-state index in [1.165, 1.54) is 14.2 Å². The fraction of sp³-hybridized carbons (Fsp3) is 0.600. The van der Waals surface area contributed by atoms with E-state index in [-0.39, 0.29) is 12.5 Å². The molecule has 2 aliphatic heterocycles. The Morgan fingerprint density at radius 3 is 1.88 bits per heavy atom. The molecule has 10 heteroatoms. The van der Waals surface area contributed by atoms with Crippen LogP contribution in [0.3, 0.4) is 0 Å². The van der Waals surface area contributed by atoms with Gasteiger partial charge in [-0.05, 0) is 11.1 Å². The minimum Gasteiger partial charge on any atom is -0.394 e. The lowest BCUT2D eigenvalue weighted by Crippen LogP contribution is -2.63. The van der Waals surface area contributed by atoms with Gasteiger partial charge in [0, 0.05) is 27.2 Å². The molecule has 0 aliphatic carbocycles. The minimum absolute atomic E-state index is 0.222. The van der Waals surface area contributed by atoms with Crippen LogP contribution >= 0.6 is 0 Å². The molecule has 10 atom stereocenters. The number of benzene rings is 2. The van der Waals surface area contributed by atoms with Crippen LogP contribution in [-0.4, -0.2) is 100 Å². The predicted octanol–water partition coefficient (Wildman–Crippen LogP) is 2.29. The minimum atomic E-state index is -1.09. The lowest BCUT2D eigenvalue weighted by atomic mass is 9.90. The van der Waals surface area contributed by atoms with E-state index in [0.29, 0.717) is 13.2 Å². The fourth-order valence-electron chi connectivity index (χ4n) is 5.33. The third-order valence-corrected chi connectivity index (χ3v) is 7.53. The van der Waals surface area contributed by atoms with E-state index < -0.39 is 61.9 Å². The molecule has 2 aromatic carbocycles. The molecule has 40 heavy (non-hydrogen) atoms. The van der Waals surface area contributed by atoms with Gasteiger partial charge < -0.3 is 48.1 Å². The van der Waals surface area contributed by atoms with Crippen LogP contribution in [0.2, 0.25) is 0 Å². The van der Waals surface area contributed by atoms with Gasteiger partial charge in [0.2, 0.25) is 0 Å². The van der Waals surface area contributed by atoms with Gasteiger partial charge in [0.25, 0.3) is 0 Å². The Kier molecular flexibility index (Phi) is 11.9. The van der Waals surface area contributed by atoms with Crippen molar-refractivity contribution in [2.75, 3.05) is 34.5 Å². The third kappa shape index (κ3) is 7.46. The van der Waals surface area contributed by atoms with Crippen molar-refractivity contribution in [1.29, 1.82) is 0 Å². The molecule has 0 radical (unpaired) electrons. The van der Waals surface area contributed by atoms with E-state index >= 15 is 0 Å². The molecule has 0 saturated carbocycles. The fourth-order valence-corrected chi connectivity index (χ4v) is 5.33. The first kappa shape index (κ1) is 31.0. The molecule has 0 bridgehead atoms. The normalized spacial score (nSPS) is 34.5. The molecule has 0 aromatic heterocycles. The number of ether oxygens (including phenoxy) is 8. The zero-order valence-corrected chi connectivity index (χ0v) is 23.5. The van der Waals surface area contributed by atoms with Crippen LogP contribution in [0, 0.1) is 5.92 Å². The van der Waals surface area contributed by atoms with Crippen molar-refractivity contribution in [3.8, 4) is 0 Å². The second-order valence-electron chi connectivity index (χ2n) is 10.1. The zero-order chi connectivity index (χ0) is 28.5. The lowest BCUT2D eigenvalue weighted by Gasteiger charge is -2.48. The van der Waals surface area contributed by atoms with E-state index in [4.69, 9.17) is 37.9 Å². The molecule has 0 amide bonds. The Morgan fingerprint density at radius 2 is 1.30 bits per heavy atom. The monoisotopic (exact) mass is 562 g/mol. The largest absolute Gasteiger partial charge is 0.394 e. The maximum absolute atomic E-state index is 10.6. The van der Waals surface area contributed by atoms with Gasteiger partial charge in [-0.25, -0.2) is 0 Å². The topological polar surface area (TPSA) is 114 Å². The maximum atomic E-state index is 10.6. The molecule has 2 heterocycles. The summed E-state index contributed by atoms with van der Waals surface area (Å²) in [5.41, 5.74) is 2.06. The van der Waals surface area contributed by atoms with Crippen LogP contribution in [0.1, 0.15) is 18.1 Å². The van der Waals surface area contributed by atoms with Crippen molar-refractivity contribution in [1.82, 2.24) is 0 Å². The Balaban J connectivity index is 1.54. The van der Waals surface area contributed by atoms with E-state index in [2.05, 4.69) is 0 Å². The van der Waals surface area contributed by atoms with Crippen molar-refractivity contribution >= 4 is 0 Å². The summed E-state index contributed by atoms with van der Waals surface area (Å²) in [5, 5.41) is 20.5. The summed E-state index contributed by atoms with van der Waals surface area (Å²) in [4.78, 5) is 0. The third-order valence-electron chi connectivity index (χ3n) is 7.53. The Hall–Kier alpha value is -1.96. The Bertz CT molecular complexity index is 977. The van der Waals surface area contributed by atoms with Gasteiger partial charge in [-0.1, -0.05) is 67.6 Å². The first-order valence-corrected chi connectivity index (χ1v) is 13.6. The summed E-state index contributed by atoms with van der Waals surface area (Å²) < 4.78 is 48.2. The molecule has 2 N–H and O–H groups in total. The smallest absolute Gasteiger partial charge is 0.187 e. The highest BCUT2D eigenvalue weighted by atomic mass is 16.7. The summed E-state index contributed by atoms with van der Waals surface area (Å²) in [7, 11) is 4.55. The summed E-state index contributed by atoms with van der Waals surface area (Å²) in [6.07, 6.45) is -6.74. The molecule has 4 unspecified atom stereocenters. The molecular formula is C30H42O10. The lowest BCUT2D eigenvalue weighted by molar-refractivity contribution is -0.358. The van der Waals surface area contributed by atoms with Crippen molar-refractivity contribution in [3.05, 3.63) is 71.8 Å². The second kappa shape index (κ2) is 15.3. The van der Waals surface area contributed by atoms with Crippen molar-refractivity contribution in [2.24, 2.45) is 5.92 Å². The number of aliphatic hydroxyl groups is 2. The maximum Gasteiger partial charge on any atom is 0.187 e. The number of hydrogen-bond acceptors (Lipinski definition) is 10. The molecule has 2 saturated heterocycles. The van der Waals surface area contributed by atoms with Gasteiger partial charge in [-0.2, -0.15) is 0 Å². The average Bonchev–Trinajstić information content (AvgIpc) is 2.99. The molecule has 2 fully saturated rings. The molecule has 0 spiro atoms. The van der Waals surface area contributed by atoms with Gasteiger partial charge in [-0.15, -0.1) is 0 Å². The Labute approximate surface area is 236 Å². The number of methoxy groups -OCH3 is 3. The van der Waals surface area contributed by atoms with Gasteiger partial charge in [0.1, 0.15) is 36.6 Å².